The van der Waals surface area contributed by atoms with Crippen molar-refractivity contribution in [1.82, 2.24) is 4.90 Å². The third kappa shape index (κ3) is 2.10. The Bertz CT molecular complexity index is 533. The van der Waals surface area contributed by atoms with E-state index in [-0.39, 0.29) is 24.9 Å². The number of benzene rings is 1. The third-order valence-electron chi connectivity index (χ3n) is 3.87. The molecule has 1 saturated carbocycles. The van der Waals surface area contributed by atoms with E-state index in [2.05, 4.69) is 0 Å². The van der Waals surface area contributed by atoms with Crippen LogP contribution < -0.4 is 4.90 Å². The van der Waals surface area contributed by atoms with Gasteiger partial charge in [0.2, 0.25) is 11.8 Å². The lowest BCUT2D eigenvalue weighted by atomic mass is 10.1. The van der Waals surface area contributed by atoms with Crippen LogP contribution in [0.1, 0.15) is 18.4 Å². The molecule has 5 heteroatoms. The van der Waals surface area contributed by atoms with E-state index in [1.54, 1.807) is 4.90 Å². The molecule has 0 spiro atoms. The zero-order valence-electron chi connectivity index (χ0n) is 10.8. The summed E-state index contributed by atoms with van der Waals surface area (Å²) in [6.45, 7) is 0.397. The first-order valence-electron chi connectivity index (χ1n) is 6.37. The minimum absolute atomic E-state index is 0.199. The van der Waals surface area contributed by atoms with E-state index in [0.717, 1.165) is 29.0 Å². The number of carbonyl (C=O) groups is 2. The number of rotatable bonds is 2. The molecule has 1 N–H and O–H groups in total. The normalized spacial score (nSPS) is 21.8. The summed E-state index contributed by atoms with van der Waals surface area (Å²) in [6, 6.07) is 7.48. The summed E-state index contributed by atoms with van der Waals surface area (Å²) < 4.78 is 0. The average molecular weight is 260 g/mol. The number of aliphatic hydroxyl groups is 1. The Morgan fingerprint density at radius 2 is 1.79 bits per heavy atom. The zero-order chi connectivity index (χ0) is 13.6. The predicted molar refractivity (Wildman–Crippen MR) is 69.6 cm³/mol. The number of hydrogen-bond donors (Lipinski definition) is 1. The van der Waals surface area contributed by atoms with Crippen LogP contribution in [0.2, 0.25) is 0 Å². The Kier molecular flexibility index (Phi) is 2.60. The molecule has 100 valence electrons. The molecule has 2 aliphatic rings. The molecule has 1 heterocycles. The fourth-order valence-corrected chi connectivity index (χ4v) is 2.32. The minimum Gasteiger partial charge on any atom is -0.385 e. The molecule has 0 aromatic heterocycles. The van der Waals surface area contributed by atoms with Gasteiger partial charge in [-0.3, -0.25) is 14.5 Å². The van der Waals surface area contributed by atoms with Crippen molar-refractivity contribution in [2.75, 3.05) is 25.0 Å². The lowest BCUT2D eigenvalue weighted by Crippen LogP contribution is -2.52. The van der Waals surface area contributed by atoms with E-state index in [0.29, 0.717) is 0 Å². The van der Waals surface area contributed by atoms with Crippen LogP contribution in [0.15, 0.2) is 24.3 Å². The minimum atomic E-state index is -0.698. The van der Waals surface area contributed by atoms with E-state index in [4.69, 9.17) is 0 Å². The molecule has 1 saturated heterocycles. The van der Waals surface area contributed by atoms with E-state index in [1.807, 2.05) is 24.3 Å². The molecule has 0 unspecified atom stereocenters. The molecule has 0 atom stereocenters. The first kappa shape index (κ1) is 12.2. The van der Waals surface area contributed by atoms with Gasteiger partial charge >= 0.3 is 0 Å². The van der Waals surface area contributed by atoms with Gasteiger partial charge in [-0.05, 0) is 30.5 Å². The topological polar surface area (TPSA) is 60.9 Å². The summed E-state index contributed by atoms with van der Waals surface area (Å²) in [4.78, 5) is 26.3. The number of likely N-dealkylation sites (N-methyl/N-ethyl adjacent to an activating group) is 1. The van der Waals surface area contributed by atoms with Crippen molar-refractivity contribution in [3.63, 3.8) is 0 Å². The number of carbonyl (C=O) groups excluding carboxylic acids is 2. The molecule has 1 aliphatic heterocycles. The van der Waals surface area contributed by atoms with Crippen molar-refractivity contribution >= 4 is 17.5 Å². The van der Waals surface area contributed by atoms with Crippen LogP contribution >= 0.6 is 0 Å². The number of nitrogens with zero attached hydrogens (tertiary/aromatic N) is 2. The molecule has 1 aromatic rings. The second-order valence-corrected chi connectivity index (χ2v) is 5.28. The lowest BCUT2D eigenvalue weighted by Gasteiger charge is -2.32. The SMILES string of the molecule is CN1C(=O)CN(c2cccc(C3(O)CC3)c2)CC1=O. The highest BCUT2D eigenvalue weighted by atomic mass is 16.3. The van der Waals surface area contributed by atoms with E-state index in [1.165, 1.54) is 7.05 Å². The Morgan fingerprint density at radius 3 is 2.37 bits per heavy atom. The fraction of sp³-hybridized carbons (Fsp3) is 0.429. The van der Waals surface area contributed by atoms with Crippen LogP contribution in [0.25, 0.3) is 0 Å². The van der Waals surface area contributed by atoms with Crippen molar-refractivity contribution < 1.29 is 14.7 Å². The number of anilines is 1. The molecule has 5 nitrogen and oxygen atoms in total. The number of amides is 2. The summed E-state index contributed by atoms with van der Waals surface area (Å²) in [5.41, 5.74) is 0.979. The van der Waals surface area contributed by atoms with Gasteiger partial charge in [0, 0.05) is 12.7 Å². The summed E-state index contributed by atoms with van der Waals surface area (Å²) in [6.07, 6.45) is 1.55. The molecule has 19 heavy (non-hydrogen) atoms. The molecule has 3 rings (SSSR count). The maximum absolute atomic E-state index is 11.7. The second-order valence-electron chi connectivity index (χ2n) is 5.28. The monoisotopic (exact) mass is 260 g/mol. The molecule has 0 radical (unpaired) electrons. The van der Waals surface area contributed by atoms with E-state index >= 15 is 0 Å². The van der Waals surface area contributed by atoms with Gasteiger partial charge in [0.15, 0.2) is 0 Å². The Morgan fingerprint density at radius 1 is 1.16 bits per heavy atom. The summed E-state index contributed by atoms with van der Waals surface area (Å²) in [5, 5.41) is 10.1. The van der Waals surface area contributed by atoms with Gasteiger partial charge in [0.05, 0.1) is 18.7 Å². The number of piperazine rings is 1. The van der Waals surface area contributed by atoms with Gasteiger partial charge in [0.25, 0.3) is 0 Å². The molecule has 0 bridgehead atoms. The Labute approximate surface area is 111 Å². The Hall–Kier alpha value is -1.88. The van der Waals surface area contributed by atoms with Crippen molar-refractivity contribution in [3.05, 3.63) is 29.8 Å². The number of imide groups is 1. The van der Waals surface area contributed by atoms with Crippen molar-refractivity contribution in [3.8, 4) is 0 Å². The zero-order valence-corrected chi connectivity index (χ0v) is 10.8. The van der Waals surface area contributed by atoms with Gasteiger partial charge < -0.3 is 10.0 Å². The molecular weight excluding hydrogens is 244 g/mol. The highest BCUT2D eigenvalue weighted by Gasteiger charge is 2.42. The highest BCUT2D eigenvalue weighted by molar-refractivity contribution is 6.02. The average Bonchev–Trinajstić information content (AvgIpc) is 3.15. The van der Waals surface area contributed by atoms with Crippen LogP contribution in [-0.4, -0.2) is 42.0 Å². The van der Waals surface area contributed by atoms with Crippen LogP contribution in [-0.2, 0) is 15.2 Å². The molecule has 2 fully saturated rings. The summed E-state index contributed by atoms with van der Waals surface area (Å²) in [7, 11) is 1.51. The smallest absolute Gasteiger partial charge is 0.248 e. The quantitative estimate of drug-likeness (QED) is 0.785. The third-order valence-corrected chi connectivity index (χ3v) is 3.87. The van der Waals surface area contributed by atoms with Gasteiger partial charge in [-0.25, -0.2) is 0 Å². The second kappa shape index (κ2) is 4.06. The molecule has 1 aromatic carbocycles. The Balaban J connectivity index is 1.86. The van der Waals surface area contributed by atoms with Crippen LogP contribution in [0.5, 0.6) is 0 Å². The molecular formula is C14H16N2O3. The first-order chi connectivity index (χ1) is 8.99. The summed E-state index contributed by atoms with van der Waals surface area (Å²) >= 11 is 0. The summed E-state index contributed by atoms with van der Waals surface area (Å²) in [5.74, 6) is -0.404. The first-order valence-corrected chi connectivity index (χ1v) is 6.37. The van der Waals surface area contributed by atoms with Crippen LogP contribution in [0.4, 0.5) is 5.69 Å². The fourth-order valence-electron chi connectivity index (χ4n) is 2.32. The predicted octanol–water partition coefficient (Wildman–Crippen LogP) is 0.473. The largest absolute Gasteiger partial charge is 0.385 e. The van der Waals surface area contributed by atoms with Gasteiger partial charge in [-0.2, -0.15) is 0 Å². The van der Waals surface area contributed by atoms with Gasteiger partial charge in [-0.1, -0.05) is 12.1 Å². The molecule has 2 amide bonds. The van der Waals surface area contributed by atoms with Gasteiger partial charge in [-0.15, -0.1) is 0 Å². The van der Waals surface area contributed by atoms with Crippen molar-refractivity contribution in [2.24, 2.45) is 0 Å². The van der Waals surface area contributed by atoms with Crippen LogP contribution in [0, 0.1) is 0 Å². The van der Waals surface area contributed by atoms with Crippen molar-refractivity contribution in [2.45, 2.75) is 18.4 Å². The molecule has 1 aliphatic carbocycles. The maximum atomic E-state index is 11.7. The van der Waals surface area contributed by atoms with Gasteiger partial charge in [0.1, 0.15) is 0 Å². The van der Waals surface area contributed by atoms with Crippen molar-refractivity contribution in [1.29, 1.82) is 0 Å². The lowest BCUT2D eigenvalue weighted by molar-refractivity contribution is -0.143. The standard InChI is InChI=1S/C14H16N2O3/c1-15-12(17)8-16(9-13(15)18)11-4-2-3-10(7-11)14(19)5-6-14/h2-4,7,19H,5-6,8-9H2,1H3. The van der Waals surface area contributed by atoms with E-state index in [9.17, 15) is 14.7 Å². The van der Waals surface area contributed by atoms with E-state index < -0.39 is 5.60 Å². The van der Waals surface area contributed by atoms with Crippen LogP contribution in [0.3, 0.4) is 0 Å². The maximum Gasteiger partial charge on any atom is 0.248 e. The highest BCUT2D eigenvalue weighted by Crippen LogP contribution is 2.45. The number of hydrogen-bond acceptors (Lipinski definition) is 4.